The lowest BCUT2D eigenvalue weighted by Crippen LogP contribution is -2.31. The van der Waals surface area contributed by atoms with Crippen LogP contribution in [0, 0.1) is 0 Å². The van der Waals surface area contributed by atoms with Gasteiger partial charge in [0.05, 0.1) is 13.3 Å². The fourth-order valence-corrected chi connectivity index (χ4v) is 0.815. The molecule has 0 aromatic carbocycles. The van der Waals surface area contributed by atoms with Gasteiger partial charge in [-0.3, -0.25) is 4.90 Å². The van der Waals surface area contributed by atoms with Crippen LogP contribution in [0.5, 0.6) is 0 Å². The summed E-state index contributed by atoms with van der Waals surface area (Å²) in [5.41, 5.74) is 5.28. The van der Waals surface area contributed by atoms with Crippen molar-refractivity contribution in [2.24, 2.45) is 5.73 Å². The lowest BCUT2D eigenvalue weighted by Gasteiger charge is -2.16. The maximum atomic E-state index is 5.28. The summed E-state index contributed by atoms with van der Waals surface area (Å²) in [7, 11) is 2.04. The number of nitrogens with one attached hydrogen (secondary N) is 1. The molecule has 0 amide bonds. The minimum Gasteiger partial charge on any atom is -0.365 e. The molecule has 0 saturated heterocycles. The number of ether oxygens (including phenoxy) is 1. The van der Waals surface area contributed by atoms with Crippen molar-refractivity contribution >= 4 is 0 Å². The van der Waals surface area contributed by atoms with E-state index in [1.807, 2.05) is 7.05 Å². The summed E-state index contributed by atoms with van der Waals surface area (Å²) in [5.74, 6) is 0. The van der Waals surface area contributed by atoms with E-state index in [1.165, 1.54) is 0 Å². The first kappa shape index (κ1) is 11.8. The van der Waals surface area contributed by atoms with Crippen molar-refractivity contribution in [2.75, 3.05) is 46.6 Å². The molecule has 0 unspecified atom stereocenters. The molecule has 0 rings (SSSR count). The van der Waals surface area contributed by atoms with E-state index in [0.29, 0.717) is 19.9 Å². The van der Waals surface area contributed by atoms with Gasteiger partial charge in [-0.1, -0.05) is 6.92 Å². The van der Waals surface area contributed by atoms with Crippen molar-refractivity contribution in [2.45, 2.75) is 6.92 Å². The normalized spacial score (nSPS) is 11.0. The van der Waals surface area contributed by atoms with Gasteiger partial charge in [0, 0.05) is 19.6 Å². The van der Waals surface area contributed by atoms with Gasteiger partial charge in [0.25, 0.3) is 0 Å². The smallest absolute Gasteiger partial charge is 0.0988 e. The van der Waals surface area contributed by atoms with E-state index < -0.39 is 0 Å². The van der Waals surface area contributed by atoms with Gasteiger partial charge in [-0.05, 0) is 13.6 Å². The quantitative estimate of drug-likeness (QED) is 0.384. The fraction of sp³-hybridized carbons (Fsp3) is 1.00. The van der Waals surface area contributed by atoms with Gasteiger partial charge in [0.2, 0.25) is 0 Å². The van der Waals surface area contributed by atoms with Gasteiger partial charge in [-0.15, -0.1) is 0 Å². The summed E-state index contributed by atoms with van der Waals surface area (Å²) < 4.78 is 5.25. The Labute approximate surface area is 75.1 Å². The minimum atomic E-state index is 0.598. The number of hydrogen-bond donors (Lipinski definition) is 2. The minimum absolute atomic E-state index is 0.598. The van der Waals surface area contributed by atoms with Crippen molar-refractivity contribution in [1.29, 1.82) is 0 Å². The molecule has 74 valence electrons. The van der Waals surface area contributed by atoms with Gasteiger partial charge < -0.3 is 15.8 Å². The zero-order chi connectivity index (χ0) is 9.23. The monoisotopic (exact) mass is 175 g/mol. The molecular weight excluding hydrogens is 154 g/mol. The highest BCUT2D eigenvalue weighted by atomic mass is 16.5. The SMILES string of the molecule is CCNCCN(C)COCCN. The van der Waals surface area contributed by atoms with Gasteiger partial charge in [-0.2, -0.15) is 0 Å². The third-order valence-corrected chi connectivity index (χ3v) is 1.49. The van der Waals surface area contributed by atoms with E-state index in [4.69, 9.17) is 10.5 Å². The topological polar surface area (TPSA) is 50.5 Å². The highest BCUT2D eigenvalue weighted by Crippen LogP contribution is 1.81. The van der Waals surface area contributed by atoms with Crippen LogP contribution in [0.1, 0.15) is 6.92 Å². The number of likely N-dealkylation sites (N-methyl/N-ethyl adjacent to an activating group) is 2. The molecule has 0 bridgehead atoms. The lowest BCUT2D eigenvalue weighted by molar-refractivity contribution is 0.0481. The molecule has 0 fully saturated rings. The third-order valence-electron chi connectivity index (χ3n) is 1.49. The second-order valence-corrected chi connectivity index (χ2v) is 2.76. The molecule has 0 saturated carbocycles. The van der Waals surface area contributed by atoms with Gasteiger partial charge in [0.15, 0.2) is 0 Å². The molecule has 0 spiro atoms. The molecule has 0 heterocycles. The zero-order valence-electron chi connectivity index (χ0n) is 8.18. The summed E-state index contributed by atoms with van der Waals surface area (Å²) in [6.45, 7) is 7.06. The Hall–Kier alpha value is -0.160. The maximum Gasteiger partial charge on any atom is 0.0988 e. The maximum absolute atomic E-state index is 5.28. The average molecular weight is 175 g/mol. The average Bonchev–Trinajstić information content (AvgIpc) is 2.06. The molecule has 0 atom stereocenters. The molecule has 0 aromatic heterocycles. The van der Waals surface area contributed by atoms with Gasteiger partial charge in [-0.25, -0.2) is 0 Å². The Morgan fingerprint density at radius 3 is 2.83 bits per heavy atom. The standard InChI is InChI=1S/C8H21N3O/c1-3-10-5-6-11(2)8-12-7-4-9/h10H,3-9H2,1-2H3. The first-order valence-electron chi connectivity index (χ1n) is 4.48. The van der Waals surface area contributed by atoms with Crippen molar-refractivity contribution < 1.29 is 4.74 Å². The zero-order valence-corrected chi connectivity index (χ0v) is 8.18. The highest BCUT2D eigenvalue weighted by molar-refractivity contribution is 4.48. The Morgan fingerprint density at radius 2 is 2.25 bits per heavy atom. The largest absolute Gasteiger partial charge is 0.365 e. The number of nitrogens with zero attached hydrogens (tertiary/aromatic N) is 1. The Bertz CT molecular complexity index is 80.4. The fourth-order valence-electron chi connectivity index (χ4n) is 0.815. The Kier molecular flexibility index (Phi) is 8.81. The van der Waals surface area contributed by atoms with E-state index in [2.05, 4.69) is 17.1 Å². The van der Waals surface area contributed by atoms with Crippen molar-refractivity contribution in [3.05, 3.63) is 0 Å². The summed E-state index contributed by atoms with van der Waals surface area (Å²) in [6.07, 6.45) is 0. The lowest BCUT2D eigenvalue weighted by atomic mass is 10.5. The predicted octanol–water partition coefficient (Wildman–Crippen LogP) is -0.539. The molecule has 0 radical (unpaired) electrons. The van der Waals surface area contributed by atoms with Gasteiger partial charge in [0.1, 0.15) is 0 Å². The van der Waals surface area contributed by atoms with Crippen LogP contribution in [0.2, 0.25) is 0 Å². The number of hydrogen-bond acceptors (Lipinski definition) is 4. The summed E-state index contributed by atoms with van der Waals surface area (Å²) in [5, 5.41) is 3.25. The molecule has 0 aliphatic rings. The van der Waals surface area contributed by atoms with Crippen molar-refractivity contribution in [1.82, 2.24) is 10.2 Å². The van der Waals surface area contributed by atoms with Crippen LogP contribution in [0.15, 0.2) is 0 Å². The summed E-state index contributed by atoms with van der Waals surface area (Å²) >= 11 is 0. The van der Waals surface area contributed by atoms with Crippen LogP contribution in [0.3, 0.4) is 0 Å². The van der Waals surface area contributed by atoms with Crippen LogP contribution in [-0.4, -0.2) is 51.5 Å². The van der Waals surface area contributed by atoms with Crippen LogP contribution < -0.4 is 11.1 Å². The summed E-state index contributed by atoms with van der Waals surface area (Å²) in [4.78, 5) is 2.12. The summed E-state index contributed by atoms with van der Waals surface area (Å²) in [6, 6.07) is 0. The van der Waals surface area contributed by atoms with Crippen LogP contribution in [0.25, 0.3) is 0 Å². The van der Waals surface area contributed by atoms with Gasteiger partial charge >= 0.3 is 0 Å². The van der Waals surface area contributed by atoms with Crippen molar-refractivity contribution in [3.63, 3.8) is 0 Å². The molecule has 4 heteroatoms. The second-order valence-electron chi connectivity index (χ2n) is 2.76. The van der Waals surface area contributed by atoms with Crippen LogP contribution in [0.4, 0.5) is 0 Å². The first-order chi connectivity index (χ1) is 5.81. The first-order valence-corrected chi connectivity index (χ1v) is 4.48. The Morgan fingerprint density at radius 1 is 1.50 bits per heavy atom. The molecule has 0 aromatic rings. The number of nitrogens with two attached hydrogens (primary N) is 1. The third kappa shape index (κ3) is 7.94. The molecule has 0 aliphatic heterocycles. The number of rotatable bonds is 8. The Balaban J connectivity index is 3.04. The molecule has 0 aliphatic carbocycles. The van der Waals surface area contributed by atoms with Crippen molar-refractivity contribution in [3.8, 4) is 0 Å². The van der Waals surface area contributed by atoms with E-state index in [1.54, 1.807) is 0 Å². The second kappa shape index (κ2) is 8.93. The van der Waals surface area contributed by atoms with E-state index in [-0.39, 0.29) is 0 Å². The van der Waals surface area contributed by atoms with Crippen LogP contribution >= 0.6 is 0 Å². The predicted molar refractivity (Wildman–Crippen MR) is 51.0 cm³/mol. The molecular formula is C8H21N3O. The molecule has 12 heavy (non-hydrogen) atoms. The molecule has 3 N–H and O–H groups in total. The van der Waals surface area contributed by atoms with E-state index in [0.717, 1.165) is 19.6 Å². The van der Waals surface area contributed by atoms with E-state index in [9.17, 15) is 0 Å². The van der Waals surface area contributed by atoms with Crippen LogP contribution in [-0.2, 0) is 4.74 Å². The molecule has 4 nitrogen and oxygen atoms in total. The highest BCUT2D eigenvalue weighted by Gasteiger charge is 1.95. The van der Waals surface area contributed by atoms with E-state index >= 15 is 0 Å².